The van der Waals surface area contributed by atoms with Crippen LogP contribution < -0.4 is 16.1 Å². The first-order valence-corrected chi connectivity index (χ1v) is 10.4. The Morgan fingerprint density at radius 3 is 2.55 bits per heavy atom. The van der Waals surface area contributed by atoms with Crippen LogP contribution in [0.5, 0.6) is 0 Å². The Morgan fingerprint density at radius 1 is 1.13 bits per heavy atom. The maximum Gasteiger partial charge on any atom is 0.248 e. The molecule has 0 unspecified atom stereocenters. The highest BCUT2D eigenvalue weighted by Crippen LogP contribution is 2.09. The number of aromatic nitrogens is 3. The SMILES string of the molecule is CNC(=O)/C(C)=C/N(CCCCc1ccc(NC(=O)Cc2ccc(Cl)nc2)nn1)NC. The van der Waals surface area contributed by atoms with Crippen molar-refractivity contribution in [1.82, 2.24) is 30.9 Å². The first-order chi connectivity index (χ1) is 14.9. The summed E-state index contributed by atoms with van der Waals surface area (Å²) in [5.41, 5.74) is 5.31. The number of likely N-dealkylation sites (N-methyl/N-ethyl adjacent to an activating group) is 1. The van der Waals surface area contributed by atoms with Gasteiger partial charge in [-0.2, -0.15) is 5.10 Å². The van der Waals surface area contributed by atoms with E-state index in [0.29, 0.717) is 16.5 Å². The molecule has 0 bridgehead atoms. The molecule has 0 saturated heterocycles. The topological polar surface area (TPSA) is 112 Å². The molecule has 10 heteroatoms. The molecule has 0 radical (unpaired) electrons. The van der Waals surface area contributed by atoms with Gasteiger partial charge in [0.05, 0.1) is 12.1 Å². The van der Waals surface area contributed by atoms with Crippen molar-refractivity contribution in [2.75, 3.05) is 26.0 Å². The summed E-state index contributed by atoms with van der Waals surface area (Å²) in [5, 5.41) is 15.9. The second-order valence-electron chi connectivity index (χ2n) is 6.89. The molecule has 3 N–H and O–H groups in total. The summed E-state index contributed by atoms with van der Waals surface area (Å²) < 4.78 is 0. The van der Waals surface area contributed by atoms with E-state index in [4.69, 9.17) is 11.6 Å². The lowest BCUT2D eigenvalue weighted by molar-refractivity contribution is -0.117. The molecule has 0 saturated carbocycles. The average molecular weight is 446 g/mol. The van der Waals surface area contributed by atoms with E-state index in [2.05, 4.69) is 31.2 Å². The molecule has 0 spiro atoms. The molecule has 2 heterocycles. The van der Waals surface area contributed by atoms with Crippen LogP contribution in [-0.4, -0.2) is 52.6 Å². The van der Waals surface area contributed by atoms with Crippen molar-refractivity contribution in [2.24, 2.45) is 0 Å². The standard InChI is InChI=1S/C21H28ClN7O2/c1-15(21(31)23-2)14-29(24-3)11-5-4-6-17-8-10-19(28-27-17)26-20(30)12-16-7-9-18(22)25-13-16/h7-10,13-14,24H,4-6,11-12H2,1-3H3,(H,23,31)(H,26,28,30)/b15-14+. The van der Waals surface area contributed by atoms with E-state index < -0.39 is 0 Å². The summed E-state index contributed by atoms with van der Waals surface area (Å²) in [7, 11) is 3.42. The predicted octanol–water partition coefficient (Wildman–Crippen LogP) is 2.12. The summed E-state index contributed by atoms with van der Waals surface area (Å²) in [6.07, 6.45) is 6.14. The summed E-state index contributed by atoms with van der Waals surface area (Å²) >= 11 is 5.75. The number of anilines is 1. The molecule has 0 aromatic carbocycles. The summed E-state index contributed by atoms with van der Waals surface area (Å²) in [4.78, 5) is 27.7. The molecule has 2 aromatic rings. The number of pyridine rings is 1. The monoisotopic (exact) mass is 445 g/mol. The number of aryl methyl sites for hydroxylation is 1. The van der Waals surface area contributed by atoms with Crippen molar-refractivity contribution >= 4 is 29.2 Å². The van der Waals surface area contributed by atoms with Crippen LogP contribution in [0, 0.1) is 0 Å². The van der Waals surface area contributed by atoms with E-state index in [-0.39, 0.29) is 18.2 Å². The molecule has 2 aromatic heterocycles. The molecule has 0 fully saturated rings. The number of nitrogens with one attached hydrogen (secondary N) is 3. The lowest BCUT2D eigenvalue weighted by atomic mass is 10.2. The van der Waals surface area contributed by atoms with Crippen molar-refractivity contribution in [3.8, 4) is 0 Å². The molecule has 0 atom stereocenters. The Morgan fingerprint density at radius 2 is 1.94 bits per heavy atom. The molecule has 0 aliphatic rings. The van der Waals surface area contributed by atoms with Crippen LogP contribution in [0.15, 0.2) is 42.2 Å². The van der Waals surface area contributed by atoms with Gasteiger partial charge in [-0.05, 0) is 49.9 Å². The molecule has 2 amide bonds. The minimum Gasteiger partial charge on any atom is -0.355 e. The van der Waals surface area contributed by atoms with Gasteiger partial charge in [0.15, 0.2) is 5.82 Å². The zero-order valence-electron chi connectivity index (χ0n) is 18.0. The number of amides is 2. The summed E-state index contributed by atoms with van der Waals surface area (Å²) in [5.74, 6) is 0.109. The fourth-order valence-corrected chi connectivity index (χ4v) is 2.87. The van der Waals surface area contributed by atoms with Crippen molar-refractivity contribution in [3.05, 3.63) is 58.6 Å². The highest BCUT2D eigenvalue weighted by Gasteiger charge is 2.07. The number of rotatable bonds is 11. The number of unbranched alkanes of at least 4 members (excludes halogenated alkanes) is 1. The van der Waals surface area contributed by atoms with Gasteiger partial charge in [0.2, 0.25) is 11.8 Å². The second kappa shape index (κ2) is 12.6. The molecule has 9 nitrogen and oxygen atoms in total. The van der Waals surface area contributed by atoms with Gasteiger partial charge in [0, 0.05) is 38.6 Å². The molecule has 0 aliphatic carbocycles. The van der Waals surface area contributed by atoms with Gasteiger partial charge in [0.1, 0.15) is 5.15 Å². The number of hydrogen-bond acceptors (Lipinski definition) is 7. The Hall–Kier alpha value is -3.04. The molecule has 2 rings (SSSR count). The summed E-state index contributed by atoms with van der Waals surface area (Å²) in [6.45, 7) is 2.53. The van der Waals surface area contributed by atoms with Crippen LogP contribution in [0.3, 0.4) is 0 Å². The molecule has 31 heavy (non-hydrogen) atoms. The molecular formula is C21H28ClN7O2. The van der Waals surface area contributed by atoms with Crippen LogP contribution in [0.4, 0.5) is 5.82 Å². The summed E-state index contributed by atoms with van der Waals surface area (Å²) in [6, 6.07) is 7.01. The van der Waals surface area contributed by atoms with Gasteiger partial charge in [-0.1, -0.05) is 17.7 Å². The Labute approximate surface area is 187 Å². The van der Waals surface area contributed by atoms with Crippen molar-refractivity contribution in [3.63, 3.8) is 0 Å². The first kappa shape index (κ1) is 24.2. The smallest absolute Gasteiger partial charge is 0.248 e. The number of nitrogens with zero attached hydrogens (tertiary/aromatic N) is 4. The number of hydrazine groups is 1. The third kappa shape index (κ3) is 8.69. The Balaban J connectivity index is 1.74. The Kier molecular flexibility index (Phi) is 9.86. The van der Waals surface area contributed by atoms with Gasteiger partial charge in [-0.15, -0.1) is 5.10 Å². The van der Waals surface area contributed by atoms with Crippen molar-refractivity contribution in [2.45, 2.75) is 32.6 Å². The van der Waals surface area contributed by atoms with E-state index in [1.165, 1.54) is 0 Å². The number of carbonyl (C=O) groups is 2. The number of halogens is 1. The minimum atomic E-state index is -0.196. The highest BCUT2D eigenvalue weighted by molar-refractivity contribution is 6.29. The lowest BCUT2D eigenvalue weighted by Crippen LogP contribution is -2.32. The van der Waals surface area contributed by atoms with Crippen LogP contribution in [0.1, 0.15) is 31.0 Å². The maximum atomic E-state index is 12.1. The fourth-order valence-electron chi connectivity index (χ4n) is 2.76. The van der Waals surface area contributed by atoms with Crippen molar-refractivity contribution in [1.29, 1.82) is 0 Å². The lowest BCUT2D eigenvalue weighted by Gasteiger charge is -2.19. The maximum absolute atomic E-state index is 12.1. The van der Waals surface area contributed by atoms with Gasteiger partial charge in [-0.25, -0.2) is 10.4 Å². The third-order valence-corrected chi connectivity index (χ3v) is 4.67. The second-order valence-corrected chi connectivity index (χ2v) is 7.28. The van der Waals surface area contributed by atoms with Crippen LogP contribution >= 0.6 is 11.6 Å². The zero-order valence-corrected chi connectivity index (χ0v) is 18.7. The third-order valence-electron chi connectivity index (χ3n) is 4.44. The van der Waals surface area contributed by atoms with E-state index in [9.17, 15) is 9.59 Å². The highest BCUT2D eigenvalue weighted by atomic mass is 35.5. The van der Waals surface area contributed by atoms with Crippen molar-refractivity contribution < 1.29 is 9.59 Å². The molecular weight excluding hydrogens is 418 g/mol. The van der Waals surface area contributed by atoms with E-state index in [1.807, 2.05) is 18.1 Å². The van der Waals surface area contributed by atoms with Crippen LogP contribution in [0.25, 0.3) is 0 Å². The average Bonchev–Trinajstić information content (AvgIpc) is 2.77. The number of hydrogen-bond donors (Lipinski definition) is 3. The predicted molar refractivity (Wildman–Crippen MR) is 120 cm³/mol. The quantitative estimate of drug-likeness (QED) is 0.210. The van der Waals surface area contributed by atoms with E-state index in [1.54, 1.807) is 44.6 Å². The van der Waals surface area contributed by atoms with Crippen LogP contribution in [-0.2, 0) is 22.4 Å². The zero-order chi connectivity index (χ0) is 22.6. The molecule has 0 aliphatic heterocycles. The number of carbonyl (C=O) groups excluding carboxylic acids is 2. The fraction of sp³-hybridized carbons (Fsp3) is 0.381. The Bertz CT molecular complexity index is 886. The van der Waals surface area contributed by atoms with Gasteiger partial charge < -0.3 is 15.6 Å². The van der Waals surface area contributed by atoms with Crippen LogP contribution in [0.2, 0.25) is 5.15 Å². The van der Waals surface area contributed by atoms with Gasteiger partial charge >= 0.3 is 0 Å². The first-order valence-electron chi connectivity index (χ1n) is 9.98. The minimum absolute atomic E-state index is 0.104. The molecule has 166 valence electrons. The normalized spacial score (nSPS) is 11.2. The van der Waals surface area contributed by atoms with Gasteiger partial charge in [0.25, 0.3) is 0 Å². The largest absolute Gasteiger partial charge is 0.355 e. The van der Waals surface area contributed by atoms with Gasteiger partial charge in [-0.3, -0.25) is 9.59 Å². The van der Waals surface area contributed by atoms with E-state index in [0.717, 1.165) is 37.1 Å². The van der Waals surface area contributed by atoms with E-state index >= 15 is 0 Å².